The fourth-order valence-electron chi connectivity index (χ4n) is 2.91. The Morgan fingerprint density at radius 2 is 2.37 bits per heavy atom. The molecule has 1 aromatic rings. The summed E-state index contributed by atoms with van der Waals surface area (Å²) in [5.41, 5.74) is 7.85. The SMILES string of the molecule is CC(CCN)CCC(=O)C1CCCc2cccnc21. The van der Waals surface area contributed by atoms with Gasteiger partial charge >= 0.3 is 0 Å². The standard InChI is InChI=1S/C16H24N2O/c1-12(9-10-17)7-8-15(19)14-6-2-4-13-5-3-11-18-16(13)14/h3,5,11-12,14H,2,4,6-10,17H2,1H3. The molecule has 0 fully saturated rings. The number of aromatic nitrogens is 1. The Morgan fingerprint density at radius 1 is 1.53 bits per heavy atom. The zero-order chi connectivity index (χ0) is 13.7. The molecule has 3 nitrogen and oxygen atoms in total. The van der Waals surface area contributed by atoms with Gasteiger partial charge in [0.2, 0.25) is 0 Å². The van der Waals surface area contributed by atoms with Gasteiger partial charge < -0.3 is 5.73 Å². The summed E-state index contributed by atoms with van der Waals surface area (Å²) < 4.78 is 0. The number of pyridine rings is 1. The van der Waals surface area contributed by atoms with Crippen molar-refractivity contribution in [1.82, 2.24) is 4.98 Å². The van der Waals surface area contributed by atoms with E-state index in [0.717, 1.165) is 37.8 Å². The van der Waals surface area contributed by atoms with Crippen molar-refractivity contribution in [2.45, 2.75) is 51.4 Å². The van der Waals surface area contributed by atoms with Gasteiger partial charge in [-0.25, -0.2) is 0 Å². The summed E-state index contributed by atoms with van der Waals surface area (Å²) in [5, 5.41) is 0. The highest BCUT2D eigenvalue weighted by molar-refractivity contribution is 5.85. The number of nitrogens with two attached hydrogens (primary N) is 1. The van der Waals surface area contributed by atoms with Crippen LogP contribution in [-0.2, 0) is 11.2 Å². The van der Waals surface area contributed by atoms with Gasteiger partial charge in [0.1, 0.15) is 5.78 Å². The molecule has 0 aromatic carbocycles. The van der Waals surface area contributed by atoms with Crippen molar-refractivity contribution in [1.29, 1.82) is 0 Å². The first-order valence-corrected chi connectivity index (χ1v) is 7.39. The highest BCUT2D eigenvalue weighted by Gasteiger charge is 2.27. The van der Waals surface area contributed by atoms with Crippen LogP contribution >= 0.6 is 0 Å². The molecule has 0 radical (unpaired) electrons. The molecule has 3 heteroatoms. The van der Waals surface area contributed by atoms with Crippen molar-refractivity contribution in [2.75, 3.05) is 6.54 Å². The van der Waals surface area contributed by atoms with E-state index in [9.17, 15) is 4.79 Å². The van der Waals surface area contributed by atoms with Gasteiger partial charge in [0.15, 0.2) is 0 Å². The maximum Gasteiger partial charge on any atom is 0.141 e. The fourth-order valence-corrected chi connectivity index (χ4v) is 2.91. The first-order chi connectivity index (χ1) is 9.22. The van der Waals surface area contributed by atoms with Crippen LogP contribution in [0, 0.1) is 5.92 Å². The number of aryl methyl sites for hydroxylation is 1. The normalized spacial score (nSPS) is 19.8. The lowest BCUT2D eigenvalue weighted by atomic mass is 9.82. The quantitative estimate of drug-likeness (QED) is 0.855. The number of hydrogen-bond donors (Lipinski definition) is 1. The second kappa shape index (κ2) is 6.80. The molecule has 0 aliphatic heterocycles. The maximum absolute atomic E-state index is 12.4. The molecule has 1 aromatic heterocycles. The van der Waals surface area contributed by atoms with E-state index in [2.05, 4.69) is 18.0 Å². The molecule has 104 valence electrons. The average Bonchev–Trinajstić information content (AvgIpc) is 2.44. The van der Waals surface area contributed by atoms with E-state index in [1.165, 1.54) is 5.56 Å². The topological polar surface area (TPSA) is 56.0 Å². The van der Waals surface area contributed by atoms with E-state index in [-0.39, 0.29) is 5.92 Å². The Bertz CT molecular complexity index is 431. The van der Waals surface area contributed by atoms with Crippen LogP contribution in [0.25, 0.3) is 0 Å². The molecule has 0 spiro atoms. The minimum absolute atomic E-state index is 0.0371. The van der Waals surface area contributed by atoms with Crippen molar-refractivity contribution in [3.05, 3.63) is 29.6 Å². The van der Waals surface area contributed by atoms with E-state index >= 15 is 0 Å². The zero-order valence-corrected chi connectivity index (χ0v) is 11.8. The van der Waals surface area contributed by atoms with Crippen molar-refractivity contribution in [3.8, 4) is 0 Å². The van der Waals surface area contributed by atoms with Gasteiger partial charge in [-0.2, -0.15) is 0 Å². The molecule has 2 rings (SSSR count). The van der Waals surface area contributed by atoms with Gasteiger partial charge in [-0.05, 0) is 56.2 Å². The second-order valence-electron chi connectivity index (χ2n) is 5.68. The fraction of sp³-hybridized carbons (Fsp3) is 0.625. The third kappa shape index (κ3) is 3.63. The lowest BCUT2D eigenvalue weighted by Gasteiger charge is -2.23. The molecule has 1 aliphatic carbocycles. The minimum atomic E-state index is 0.0371. The first kappa shape index (κ1) is 14.2. The van der Waals surface area contributed by atoms with E-state index < -0.39 is 0 Å². The number of hydrogen-bond acceptors (Lipinski definition) is 3. The van der Waals surface area contributed by atoms with Crippen molar-refractivity contribution in [3.63, 3.8) is 0 Å². The number of Topliss-reactive ketones (excluding diaryl/α,β-unsaturated/α-hetero) is 1. The van der Waals surface area contributed by atoms with E-state index in [4.69, 9.17) is 5.73 Å². The monoisotopic (exact) mass is 260 g/mol. The van der Waals surface area contributed by atoms with Gasteiger partial charge in [0, 0.05) is 12.6 Å². The van der Waals surface area contributed by atoms with Crippen LogP contribution in [-0.4, -0.2) is 17.3 Å². The average molecular weight is 260 g/mol. The summed E-state index contributed by atoms with van der Waals surface area (Å²) in [6.07, 6.45) is 7.57. The third-order valence-electron chi connectivity index (χ3n) is 4.13. The molecule has 0 saturated carbocycles. The first-order valence-electron chi connectivity index (χ1n) is 7.39. The predicted octanol–water partition coefficient (Wildman–Crippen LogP) is 2.84. The molecule has 1 aliphatic rings. The van der Waals surface area contributed by atoms with Gasteiger partial charge in [-0.15, -0.1) is 0 Å². The summed E-state index contributed by atoms with van der Waals surface area (Å²) >= 11 is 0. The Hall–Kier alpha value is -1.22. The van der Waals surface area contributed by atoms with Crippen LogP contribution in [0.2, 0.25) is 0 Å². The predicted molar refractivity (Wildman–Crippen MR) is 77.0 cm³/mol. The number of nitrogens with zero attached hydrogens (tertiary/aromatic N) is 1. The smallest absolute Gasteiger partial charge is 0.141 e. The molecular formula is C16H24N2O. The summed E-state index contributed by atoms with van der Waals surface area (Å²) in [6.45, 7) is 2.89. The molecule has 0 saturated heterocycles. The molecule has 2 atom stereocenters. The molecule has 0 amide bonds. The Labute approximate surface area is 115 Å². The van der Waals surface area contributed by atoms with Crippen LogP contribution in [0.15, 0.2) is 18.3 Å². The van der Waals surface area contributed by atoms with E-state index in [1.54, 1.807) is 0 Å². The Balaban J connectivity index is 1.97. The largest absolute Gasteiger partial charge is 0.330 e. The highest BCUT2D eigenvalue weighted by Crippen LogP contribution is 2.31. The summed E-state index contributed by atoms with van der Waals surface area (Å²) in [5.74, 6) is 0.944. The molecule has 2 N–H and O–H groups in total. The molecule has 0 bridgehead atoms. The lowest BCUT2D eigenvalue weighted by Crippen LogP contribution is -2.20. The number of carbonyl (C=O) groups is 1. The zero-order valence-electron chi connectivity index (χ0n) is 11.8. The number of carbonyl (C=O) groups excluding carboxylic acids is 1. The number of ketones is 1. The van der Waals surface area contributed by atoms with Crippen LogP contribution in [0.3, 0.4) is 0 Å². The summed E-state index contributed by atoms with van der Waals surface area (Å²) in [7, 11) is 0. The minimum Gasteiger partial charge on any atom is -0.330 e. The number of rotatable bonds is 6. The molecule has 2 unspecified atom stereocenters. The molecule has 19 heavy (non-hydrogen) atoms. The van der Waals surface area contributed by atoms with Crippen molar-refractivity contribution >= 4 is 5.78 Å². The Morgan fingerprint density at radius 3 is 3.16 bits per heavy atom. The van der Waals surface area contributed by atoms with Crippen molar-refractivity contribution < 1.29 is 4.79 Å². The van der Waals surface area contributed by atoms with Crippen LogP contribution in [0.4, 0.5) is 0 Å². The summed E-state index contributed by atoms with van der Waals surface area (Å²) in [4.78, 5) is 16.8. The van der Waals surface area contributed by atoms with E-state index in [0.29, 0.717) is 24.7 Å². The van der Waals surface area contributed by atoms with Crippen LogP contribution in [0.1, 0.15) is 56.2 Å². The number of fused-ring (bicyclic) bond motifs is 1. The lowest BCUT2D eigenvalue weighted by molar-refractivity contribution is -0.121. The van der Waals surface area contributed by atoms with Gasteiger partial charge in [-0.1, -0.05) is 13.0 Å². The maximum atomic E-state index is 12.4. The van der Waals surface area contributed by atoms with Gasteiger partial charge in [0.05, 0.1) is 11.6 Å². The van der Waals surface area contributed by atoms with Gasteiger partial charge in [-0.3, -0.25) is 9.78 Å². The Kier molecular flexibility index (Phi) is 5.08. The van der Waals surface area contributed by atoms with E-state index in [1.807, 2.05) is 12.3 Å². The van der Waals surface area contributed by atoms with Crippen molar-refractivity contribution in [2.24, 2.45) is 11.7 Å². The second-order valence-corrected chi connectivity index (χ2v) is 5.68. The highest BCUT2D eigenvalue weighted by atomic mass is 16.1. The third-order valence-corrected chi connectivity index (χ3v) is 4.13. The van der Waals surface area contributed by atoms with Gasteiger partial charge in [0.25, 0.3) is 0 Å². The summed E-state index contributed by atoms with van der Waals surface area (Å²) in [6, 6.07) is 4.08. The van der Waals surface area contributed by atoms with Crippen LogP contribution in [0.5, 0.6) is 0 Å². The van der Waals surface area contributed by atoms with Crippen LogP contribution < -0.4 is 5.73 Å². The molecule has 1 heterocycles. The molecular weight excluding hydrogens is 236 g/mol.